The summed E-state index contributed by atoms with van der Waals surface area (Å²) in [5.74, 6) is -2.70. The summed E-state index contributed by atoms with van der Waals surface area (Å²) < 4.78 is 42.1. The fraction of sp³-hybridized carbons (Fsp3) is 0.250. The molecule has 1 unspecified atom stereocenters. The van der Waals surface area contributed by atoms with Gasteiger partial charge < -0.3 is 5.32 Å². The molecule has 1 nitrogen and oxygen atoms in total. The molecule has 0 bridgehead atoms. The molecule has 0 saturated heterocycles. The van der Waals surface area contributed by atoms with Crippen LogP contribution in [0.3, 0.4) is 0 Å². The van der Waals surface area contributed by atoms with Crippen molar-refractivity contribution in [3.8, 4) is 0 Å². The zero-order chi connectivity index (χ0) is 15.6. The number of hydrogen-bond donors (Lipinski definition) is 1. The Labute approximate surface area is 130 Å². The van der Waals surface area contributed by atoms with Crippen LogP contribution >= 0.6 is 15.9 Å². The first-order chi connectivity index (χ1) is 9.95. The molecule has 5 heteroatoms. The maximum atomic E-state index is 14.1. The topological polar surface area (TPSA) is 12.0 Å². The lowest BCUT2D eigenvalue weighted by molar-refractivity contribution is 0.491. The van der Waals surface area contributed by atoms with Crippen LogP contribution in [0.25, 0.3) is 0 Å². The summed E-state index contributed by atoms with van der Waals surface area (Å²) in [5, 5.41) is 3.06. The third-order valence-electron chi connectivity index (χ3n) is 3.36. The first kappa shape index (κ1) is 16.0. The van der Waals surface area contributed by atoms with Crippen molar-refractivity contribution in [2.75, 3.05) is 6.54 Å². The van der Waals surface area contributed by atoms with Crippen molar-refractivity contribution >= 4 is 15.9 Å². The van der Waals surface area contributed by atoms with E-state index in [9.17, 15) is 13.2 Å². The Balaban J connectivity index is 2.62. The van der Waals surface area contributed by atoms with Crippen molar-refractivity contribution in [1.29, 1.82) is 0 Å². The Morgan fingerprint density at radius 1 is 1.14 bits per heavy atom. The van der Waals surface area contributed by atoms with E-state index in [0.717, 1.165) is 15.6 Å². The minimum absolute atomic E-state index is 0.167. The van der Waals surface area contributed by atoms with E-state index >= 15 is 0 Å². The van der Waals surface area contributed by atoms with Crippen LogP contribution in [0, 0.1) is 24.4 Å². The summed E-state index contributed by atoms with van der Waals surface area (Å²) in [5.41, 5.74) is 1.46. The van der Waals surface area contributed by atoms with Crippen molar-refractivity contribution in [2.45, 2.75) is 19.9 Å². The van der Waals surface area contributed by atoms with Crippen LogP contribution in [0.15, 0.2) is 34.8 Å². The maximum absolute atomic E-state index is 14.1. The van der Waals surface area contributed by atoms with Crippen LogP contribution in [0.5, 0.6) is 0 Å². The molecule has 1 N–H and O–H groups in total. The van der Waals surface area contributed by atoms with Crippen molar-refractivity contribution < 1.29 is 13.2 Å². The summed E-state index contributed by atoms with van der Waals surface area (Å²) in [6.45, 7) is 4.23. The predicted octanol–water partition coefficient (Wildman–Crippen LogP) is 4.87. The highest BCUT2D eigenvalue weighted by atomic mass is 79.9. The van der Waals surface area contributed by atoms with Gasteiger partial charge in [-0.1, -0.05) is 35.0 Å². The molecule has 0 aliphatic heterocycles. The van der Waals surface area contributed by atoms with Gasteiger partial charge in [-0.2, -0.15) is 0 Å². The van der Waals surface area contributed by atoms with E-state index in [1.807, 2.05) is 19.9 Å². The Morgan fingerprint density at radius 2 is 1.76 bits per heavy atom. The fourth-order valence-electron chi connectivity index (χ4n) is 2.34. The lowest BCUT2D eigenvalue weighted by Gasteiger charge is -2.22. The third-order valence-corrected chi connectivity index (χ3v) is 4.22. The van der Waals surface area contributed by atoms with Gasteiger partial charge in [0.1, 0.15) is 17.5 Å². The molecule has 2 aromatic carbocycles. The predicted molar refractivity (Wildman–Crippen MR) is 80.7 cm³/mol. The second-order valence-electron chi connectivity index (χ2n) is 4.73. The van der Waals surface area contributed by atoms with Gasteiger partial charge in [-0.25, -0.2) is 13.2 Å². The van der Waals surface area contributed by atoms with E-state index in [4.69, 9.17) is 0 Å². The summed E-state index contributed by atoms with van der Waals surface area (Å²) in [6, 6.07) is 6.20. The van der Waals surface area contributed by atoms with Crippen LogP contribution in [-0.2, 0) is 0 Å². The van der Waals surface area contributed by atoms with E-state index in [0.29, 0.717) is 18.7 Å². The summed E-state index contributed by atoms with van der Waals surface area (Å²) >= 11 is 3.41. The standard InChI is InChI=1S/C16H15BrF3N/c1-3-21-16(11-5-4-6-12(17)9(11)2)15-13(19)7-10(18)8-14(15)20/h4-8,16,21H,3H2,1-2H3. The molecule has 1 atom stereocenters. The number of benzene rings is 2. The van der Waals surface area contributed by atoms with Crippen molar-refractivity contribution in [1.82, 2.24) is 5.32 Å². The van der Waals surface area contributed by atoms with Crippen LogP contribution in [0.4, 0.5) is 13.2 Å². The third kappa shape index (κ3) is 3.30. The highest BCUT2D eigenvalue weighted by Crippen LogP contribution is 2.32. The van der Waals surface area contributed by atoms with E-state index in [1.165, 1.54) is 0 Å². The van der Waals surface area contributed by atoms with Crippen molar-refractivity contribution in [2.24, 2.45) is 0 Å². The average molecular weight is 358 g/mol. The van der Waals surface area contributed by atoms with Gasteiger partial charge in [-0.15, -0.1) is 0 Å². The number of nitrogens with one attached hydrogen (secondary N) is 1. The Morgan fingerprint density at radius 3 is 2.33 bits per heavy atom. The number of halogens is 4. The SMILES string of the molecule is CCNC(c1cccc(Br)c1C)c1c(F)cc(F)cc1F. The monoisotopic (exact) mass is 357 g/mol. The smallest absolute Gasteiger partial charge is 0.134 e. The molecule has 0 heterocycles. The average Bonchev–Trinajstić information content (AvgIpc) is 2.40. The van der Waals surface area contributed by atoms with Gasteiger partial charge in [0.25, 0.3) is 0 Å². The zero-order valence-corrected chi connectivity index (χ0v) is 13.3. The summed E-state index contributed by atoms with van der Waals surface area (Å²) in [4.78, 5) is 0. The van der Waals surface area contributed by atoms with Gasteiger partial charge in [0.05, 0.1) is 6.04 Å². The largest absolute Gasteiger partial charge is 0.306 e. The van der Waals surface area contributed by atoms with E-state index in [1.54, 1.807) is 12.1 Å². The van der Waals surface area contributed by atoms with Crippen molar-refractivity contribution in [3.05, 3.63) is 68.9 Å². The lowest BCUT2D eigenvalue weighted by Crippen LogP contribution is -2.25. The molecule has 21 heavy (non-hydrogen) atoms. The zero-order valence-electron chi connectivity index (χ0n) is 11.7. The molecule has 0 spiro atoms. The molecule has 0 amide bonds. The molecular formula is C16H15BrF3N. The number of rotatable bonds is 4. The first-order valence-electron chi connectivity index (χ1n) is 6.58. The van der Waals surface area contributed by atoms with Gasteiger partial charge in [-0.05, 0) is 30.7 Å². The molecular weight excluding hydrogens is 343 g/mol. The van der Waals surface area contributed by atoms with E-state index in [2.05, 4.69) is 21.2 Å². The highest BCUT2D eigenvalue weighted by Gasteiger charge is 2.24. The normalized spacial score (nSPS) is 12.5. The van der Waals surface area contributed by atoms with Crippen molar-refractivity contribution in [3.63, 3.8) is 0 Å². The second kappa shape index (κ2) is 6.62. The lowest BCUT2D eigenvalue weighted by atomic mass is 9.94. The van der Waals surface area contributed by atoms with Crippen LogP contribution < -0.4 is 5.32 Å². The molecule has 0 fully saturated rings. The molecule has 2 rings (SSSR count). The Bertz CT molecular complexity index is 635. The van der Waals surface area contributed by atoms with E-state index in [-0.39, 0.29) is 5.56 Å². The Kier molecular flexibility index (Phi) is 5.06. The summed E-state index contributed by atoms with van der Waals surface area (Å²) in [6.07, 6.45) is 0. The highest BCUT2D eigenvalue weighted by molar-refractivity contribution is 9.10. The van der Waals surface area contributed by atoms with Crippen LogP contribution in [0.1, 0.15) is 29.7 Å². The maximum Gasteiger partial charge on any atom is 0.134 e. The molecule has 0 saturated carbocycles. The van der Waals surface area contributed by atoms with Crippen LogP contribution in [0.2, 0.25) is 0 Å². The quantitative estimate of drug-likeness (QED) is 0.822. The summed E-state index contributed by atoms with van der Waals surface area (Å²) in [7, 11) is 0. The molecule has 0 aliphatic carbocycles. The number of hydrogen-bond acceptors (Lipinski definition) is 1. The van der Waals surface area contributed by atoms with Gasteiger partial charge >= 0.3 is 0 Å². The fourth-order valence-corrected chi connectivity index (χ4v) is 2.72. The molecule has 0 radical (unpaired) electrons. The van der Waals surface area contributed by atoms with Gasteiger partial charge in [0.15, 0.2) is 0 Å². The van der Waals surface area contributed by atoms with Gasteiger partial charge in [-0.3, -0.25) is 0 Å². The van der Waals surface area contributed by atoms with Gasteiger partial charge in [0, 0.05) is 22.2 Å². The minimum atomic E-state index is -0.921. The van der Waals surface area contributed by atoms with Gasteiger partial charge in [0.2, 0.25) is 0 Å². The Hall–Kier alpha value is -1.33. The molecule has 0 aliphatic rings. The molecule has 2 aromatic rings. The second-order valence-corrected chi connectivity index (χ2v) is 5.58. The van der Waals surface area contributed by atoms with Crippen LogP contribution in [-0.4, -0.2) is 6.54 Å². The molecule has 0 aromatic heterocycles. The molecule has 112 valence electrons. The first-order valence-corrected chi connectivity index (χ1v) is 7.37. The minimum Gasteiger partial charge on any atom is -0.306 e. The van der Waals surface area contributed by atoms with E-state index < -0.39 is 23.5 Å².